The van der Waals surface area contributed by atoms with Crippen LogP contribution in [0.3, 0.4) is 0 Å². The SMILES string of the molecule is C=C(Nc1sc2c(c1S)CCCC2)C1CC1(F)F. The number of alkyl halides is 2. The summed E-state index contributed by atoms with van der Waals surface area (Å²) in [7, 11) is 0. The molecule has 18 heavy (non-hydrogen) atoms. The predicted octanol–water partition coefficient (Wildman–Crippen LogP) is 4.50. The Kier molecular flexibility index (Phi) is 2.94. The molecule has 0 spiro atoms. The standard InChI is InChI=1S/C13H15F2NS2/c1-7(9-6-13(9,14)15)16-12-11(17)8-4-2-3-5-10(8)18-12/h9,16-17H,1-6H2. The molecule has 0 bridgehead atoms. The number of aryl methyl sites for hydroxylation is 1. The van der Waals surface area contributed by atoms with E-state index in [-0.39, 0.29) is 6.42 Å². The van der Waals surface area contributed by atoms with Crippen LogP contribution in [0.4, 0.5) is 13.8 Å². The lowest BCUT2D eigenvalue weighted by molar-refractivity contribution is 0.106. The van der Waals surface area contributed by atoms with Crippen molar-refractivity contribution in [3.63, 3.8) is 0 Å². The normalized spacial score (nSPS) is 24.5. The van der Waals surface area contributed by atoms with E-state index < -0.39 is 11.8 Å². The molecule has 0 aliphatic heterocycles. The first-order valence-corrected chi connectivity index (χ1v) is 7.42. The molecule has 98 valence electrons. The van der Waals surface area contributed by atoms with E-state index in [9.17, 15) is 8.78 Å². The molecule has 2 aliphatic carbocycles. The van der Waals surface area contributed by atoms with Crippen LogP contribution in [0.1, 0.15) is 29.7 Å². The van der Waals surface area contributed by atoms with Crippen LogP contribution in [0.25, 0.3) is 0 Å². The first-order valence-electron chi connectivity index (χ1n) is 6.16. The maximum atomic E-state index is 13.0. The number of thiol groups is 1. The van der Waals surface area contributed by atoms with Gasteiger partial charge in [-0.2, -0.15) is 0 Å². The highest BCUT2D eigenvalue weighted by molar-refractivity contribution is 7.80. The minimum Gasteiger partial charge on any atom is -0.350 e. The van der Waals surface area contributed by atoms with Gasteiger partial charge in [-0.05, 0) is 31.2 Å². The lowest BCUT2D eigenvalue weighted by atomic mass is 9.99. The summed E-state index contributed by atoms with van der Waals surface area (Å²) < 4.78 is 25.9. The summed E-state index contributed by atoms with van der Waals surface area (Å²) in [5, 5.41) is 3.94. The highest BCUT2D eigenvalue weighted by Crippen LogP contribution is 2.53. The van der Waals surface area contributed by atoms with E-state index in [1.165, 1.54) is 23.3 Å². The van der Waals surface area contributed by atoms with Crippen molar-refractivity contribution < 1.29 is 8.78 Å². The number of hydrogen-bond donors (Lipinski definition) is 2. The Balaban J connectivity index is 1.77. The number of thiophene rings is 1. The fourth-order valence-corrected chi connectivity index (χ4v) is 4.20. The van der Waals surface area contributed by atoms with Gasteiger partial charge >= 0.3 is 0 Å². The van der Waals surface area contributed by atoms with E-state index in [4.69, 9.17) is 0 Å². The molecule has 0 radical (unpaired) electrons. The Labute approximate surface area is 115 Å². The predicted molar refractivity (Wildman–Crippen MR) is 74.0 cm³/mol. The molecule has 1 fully saturated rings. The number of halogens is 2. The van der Waals surface area contributed by atoms with Crippen molar-refractivity contribution in [1.82, 2.24) is 0 Å². The molecule has 1 heterocycles. The molecule has 2 aliphatic rings. The third-order valence-electron chi connectivity index (χ3n) is 3.66. The molecule has 0 amide bonds. The number of allylic oxidation sites excluding steroid dienone is 1. The average Bonchev–Trinajstić information content (AvgIpc) is 2.86. The van der Waals surface area contributed by atoms with Crippen LogP contribution in [0.2, 0.25) is 0 Å². The summed E-state index contributed by atoms with van der Waals surface area (Å²) in [5.74, 6) is -3.26. The van der Waals surface area contributed by atoms with E-state index >= 15 is 0 Å². The molecule has 1 aromatic rings. The van der Waals surface area contributed by atoms with Gasteiger partial charge in [-0.1, -0.05) is 6.58 Å². The fourth-order valence-electron chi connectivity index (χ4n) is 2.46. The number of hydrogen-bond acceptors (Lipinski definition) is 3. The van der Waals surface area contributed by atoms with Crippen LogP contribution in [0.5, 0.6) is 0 Å². The molecular formula is C13H15F2NS2. The van der Waals surface area contributed by atoms with E-state index in [1.807, 2.05) is 0 Å². The summed E-state index contributed by atoms with van der Waals surface area (Å²) in [4.78, 5) is 2.28. The van der Waals surface area contributed by atoms with Crippen molar-refractivity contribution in [3.8, 4) is 0 Å². The smallest absolute Gasteiger partial charge is 0.257 e. The zero-order valence-corrected chi connectivity index (χ0v) is 11.6. The third kappa shape index (κ3) is 2.07. The first-order chi connectivity index (χ1) is 8.49. The van der Waals surface area contributed by atoms with Gasteiger partial charge in [0, 0.05) is 21.9 Å². The Hall–Kier alpha value is -0.550. The monoisotopic (exact) mass is 287 g/mol. The molecule has 1 nitrogen and oxygen atoms in total. The van der Waals surface area contributed by atoms with Crippen molar-refractivity contribution in [2.45, 2.75) is 42.9 Å². The Morgan fingerprint density at radius 2 is 2.06 bits per heavy atom. The van der Waals surface area contributed by atoms with Gasteiger partial charge in [0.1, 0.15) is 5.00 Å². The number of rotatable bonds is 3. The topological polar surface area (TPSA) is 12.0 Å². The molecule has 1 unspecified atom stereocenters. The molecule has 1 atom stereocenters. The van der Waals surface area contributed by atoms with E-state index in [1.54, 1.807) is 11.3 Å². The summed E-state index contributed by atoms with van der Waals surface area (Å²) in [6.45, 7) is 3.74. The highest BCUT2D eigenvalue weighted by atomic mass is 32.1. The van der Waals surface area contributed by atoms with Crippen LogP contribution >= 0.6 is 24.0 Å². The molecular weight excluding hydrogens is 272 g/mol. The largest absolute Gasteiger partial charge is 0.350 e. The van der Waals surface area contributed by atoms with Crippen LogP contribution in [0.15, 0.2) is 17.2 Å². The summed E-state index contributed by atoms with van der Waals surface area (Å²) >= 11 is 6.17. The van der Waals surface area contributed by atoms with Gasteiger partial charge in [0.05, 0.1) is 5.92 Å². The Morgan fingerprint density at radius 1 is 1.39 bits per heavy atom. The maximum Gasteiger partial charge on any atom is 0.257 e. The average molecular weight is 287 g/mol. The zero-order chi connectivity index (χ0) is 12.9. The molecule has 5 heteroatoms. The lowest BCUT2D eigenvalue weighted by Gasteiger charge is -2.10. The zero-order valence-electron chi connectivity index (χ0n) is 9.93. The van der Waals surface area contributed by atoms with E-state index in [2.05, 4.69) is 24.5 Å². The number of anilines is 1. The van der Waals surface area contributed by atoms with Gasteiger partial charge in [0.2, 0.25) is 0 Å². The molecule has 1 saturated carbocycles. The van der Waals surface area contributed by atoms with Crippen molar-refractivity contribution in [1.29, 1.82) is 0 Å². The molecule has 3 rings (SSSR count). The molecule has 1 N–H and O–H groups in total. The fraction of sp³-hybridized carbons (Fsp3) is 0.538. The summed E-state index contributed by atoms with van der Waals surface area (Å²) in [6.07, 6.45) is 4.46. The Morgan fingerprint density at radius 3 is 2.67 bits per heavy atom. The van der Waals surface area contributed by atoms with Crippen LogP contribution in [-0.4, -0.2) is 5.92 Å². The second-order valence-corrected chi connectivity index (χ2v) is 6.61. The maximum absolute atomic E-state index is 13.0. The number of nitrogens with one attached hydrogen (secondary N) is 1. The third-order valence-corrected chi connectivity index (χ3v) is 5.52. The minimum atomic E-state index is -2.56. The van der Waals surface area contributed by atoms with Crippen molar-refractivity contribution in [2.24, 2.45) is 5.92 Å². The van der Waals surface area contributed by atoms with Crippen LogP contribution < -0.4 is 5.32 Å². The van der Waals surface area contributed by atoms with Gasteiger partial charge in [-0.15, -0.1) is 24.0 Å². The van der Waals surface area contributed by atoms with Gasteiger partial charge in [0.25, 0.3) is 5.92 Å². The van der Waals surface area contributed by atoms with E-state index in [0.717, 1.165) is 22.7 Å². The molecule has 0 aromatic carbocycles. The van der Waals surface area contributed by atoms with Gasteiger partial charge < -0.3 is 5.32 Å². The Bertz CT molecular complexity index is 507. The molecule has 0 saturated heterocycles. The second-order valence-electron chi connectivity index (χ2n) is 5.06. The highest BCUT2D eigenvalue weighted by Gasteiger charge is 2.58. The second kappa shape index (κ2) is 4.23. The van der Waals surface area contributed by atoms with Crippen molar-refractivity contribution in [3.05, 3.63) is 22.7 Å². The first kappa shape index (κ1) is 12.5. The lowest BCUT2D eigenvalue weighted by Crippen LogP contribution is -2.04. The van der Waals surface area contributed by atoms with Crippen molar-refractivity contribution >= 4 is 29.0 Å². The molecule has 1 aromatic heterocycles. The van der Waals surface area contributed by atoms with Gasteiger partial charge in [-0.25, -0.2) is 8.78 Å². The van der Waals surface area contributed by atoms with Crippen LogP contribution in [-0.2, 0) is 12.8 Å². The van der Waals surface area contributed by atoms with Crippen LogP contribution in [0, 0.1) is 5.92 Å². The summed E-state index contributed by atoms with van der Waals surface area (Å²) in [6, 6.07) is 0. The summed E-state index contributed by atoms with van der Waals surface area (Å²) in [5.41, 5.74) is 1.72. The van der Waals surface area contributed by atoms with Gasteiger partial charge in [-0.3, -0.25) is 0 Å². The van der Waals surface area contributed by atoms with E-state index in [0.29, 0.717) is 5.70 Å². The minimum absolute atomic E-state index is 0.0776. The number of fused-ring (bicyclic) bond motifs is 1. The van der Waals surface area contributed by atoms with Gasteiger partial charge in [0.15, 0.2) is 0 Å². The van der Waals surface area contributed by atoms with Crippen molar-refractivity contribution in [2.75, 3.05) is 5.32 Å². The quantitative estimate of drug-likeness (QED) is 0.780.